The number of amides is 1. The highest BCUT2D eigenvalue weighted by Crippen LogP contribution is 2.15. The van der Waals surface area contributed by atoms with Crippen LogP contribution in [0.3, 0.4) is 0 Å². The molecule has 0 saturated carbocycles. The Morgan fingerprint density at radius 2 is 1.95 bits per heavy atom. The molecule has 0 saturated heterocycles. The van der Waals surface area contributed by atoms with Crippen molar-refractivity contribution in [1.82, 2.24) is 4.98 Å². The van der Waals surface area contributed by atoms with Gasteiger partial charge in [0.2, 0.25) is 0 Å². The molecule has 1 aromatic carbocycles. The maximum atomic E-state index is 12.9. The van der Waals surface area contributed by atoms with E-state index in [4.69, 9.17) is 4.74 Å². The van der Waals surface area contributed by atoms with Crippen molar-refractivity contribution in [2.75, 3.05) is 11.9 Å². The number of benzene rings is 1. The summed E-state index contributed by atoms with van der Waals surface area (Å²) in [5.74, 6) is -1.99. The average molecular weight is 278 g/mol. The van der Waals surface area contributed by atoms with E-state index in [1.54, 1.807) is 25.3 Å². The molecule has 0 radical (unpaired) electrons. The first kappa shape index (κ1) is 13.9. The Labute approximate surface area is 114 Å². The van der Waals surface area contributed by atoms with Gasteiger partial charge in [0, 0.05) is 35.8 Å². The van der Waals surface area contributed by atoms with Crippen molar-refractivity contribution >= 4 is 11.6 Å². The quantitative estimate of drug-likeness (QED) is 0.935. The fourth-order valence-corrected chi connectivity index (χ4v) is 1.58. The lowest BCUT2D eigenvalue weighted by Gasteiger charge is -2.08. The Morgan fingerprint density at radius 3 is 2.60 bits per heavy atom. The second-order valence-electron chi connectivity index (χ2n) is 4.13. The number of rotatable bonds is 4. The molecule has 2 rings (SSSR count). The van der Waals surface area contributed by atoms with Crippen LogP contribution in [0.25, 0.3) is 0 Å². The number of hydrogen-bond donors (Lipinski definition) is 1. The van der Waals surface area contributed by atoms with Crippen molar-refractivity contribution in [3.05, 3.63) is 53.9 Å². The molecule has 0 aliphatic carbocycles. The molecule has 2 aromatic rings. The van der Waals surface area contributed by atoms with Crippen molar-refractivity contribution in [2.24, 2.45) is 0 Å². The van der Waals surface area contributed by atoms with Gasteiger partial charge in [-0.25, -0.2) is 8.78 Å². The summed E-state index contributed by atoms with van der Waals surface area (Å²) in [6.07, 6.45) is 1.56. The van der Waals surface area contributed by atoms with Crippen LogP contribution in [0.5, 0.6) is 5.75 Å². The van der Waals surface area contributed by atoms with Gasteiger partial charge in [0.15, 0.2) is 6.61 Å². The number of anilines is 1. The summed E-state index contributed by atoms with van der Waals surface area (Å²) in [6, 6.07) is 6.07. The molecule has 0 atom stereocenters. The average Bonchev–Trinajstić information content (AvgIpc) is 2.35. The van der Waals surface area contributed by atoms with Crippen LogP contribution in [0.2, 0.25) is 0 Å². The molecular formula is C14H12F2N2O2. The van der Waals surface area contributed by atoms with Crippen molar-refractivity contribution in [1.29, 1.82) is 0 Å². The van der Waals surface area contributed by atoms with Gasteiger partial charge in [-0.2, -0.15) is 0 Å². The largest absolute Gasteiger partial charge is 0.484 e. The second kappa shape index (κ2) is 6.10. The van der Waals surface area contributed by atoms with E-state index < -0.39 is 17.5 Å². The predicted octanol–water partition coefficient (Wildman–Crippen LogP) is 2.69. The zero-order valence-electron chi connectivity index (χ0n) is 10.7. The molecule has 1 aromatic heterocycles. The maximum Gasteiger partial charge on any atom is 0.262 e. The van der Waals surface area contributed by atoms with Gasteiger partial charge in [0.25, 0.3) is 5.91 Å². The molecule has 0 spiro atoms. The topological polar surface area (TPSA) is 51.2 Å². The molecule has 0 unspecified atom stereocenters. The summed E-state index contributed by atoms with van der Waals surface area (Å²) in [5, 5.41) is 2.59. The minimum Gasteiger partial charge on any atom is -0.484 e. The van der Waals surface area contributed by atoms with Gasteiger partial charge in [-0.05, 0) is 19.1 Å². The highest BCUT2D eigenvalue weighted by atomic mass is 19.1. The molecule has 20 heavy (non-hydrogen) atoms. The Kier molecular flexibility index (Phi) is 4.24. The predicted molar refractivity (Wildman–Crippen MR) is 69.5 cm³/mol. The molecule has 1 N–H and O–H groups in total. The third-order valence-electron chi connectivity index (χ3n) is 2.39. The summed E-state index contributed by atoms with van der Waals surface area (Å²) in [7, 11) is 0. The summed E-state index contributed by atoms with van der Waals surface area (Å²) >= 11 is 0. The van der Waals surface area contributed by atoms with Gasteiger partial charge in [-0.3, -0.25) is 9.78 Å². The Morgan fingerprint density at radius 1 is 1.25 bits per heavy atom. The number of aryl methyl sites for hydroxylation is 1. The molecule has 6 heteroatoms. The molecule has 0 aliphatic rings. The van der Waals surface area contributed by atoms with Gasteiger partial charge >= 0.3 is 0 Å². The number of carbonyl (C=O) groups is 1. The summed E-state index contributed by atoms with van der Waals surface area (Å²) in [6.45, 7) is 1.45. The Balaban J connectivity index is 1.92. The number of halogens is 2. The number of hydrogen-bond acceptors (Lipinski definition) is 3. The van der Waals surface area contributed by atoms with Gasteiger partial charge in [0.1, 0.15) is 17.4 Å². The molecule has 0 fully saturated rings. The smallest absolute Gasteiger partial charge is 0.262 e. The molecule has 1 heterocycles. The first-order valence-corrected chi connectivity index (χ1v) is 5.84. The number of pyridine rings is 1. The van der Waals surface area contributed by atoms with Crippen LogP contribution < -0.4 is 10.1 Å². The number of ether oxygens (including phenoxy) is 1. The number of nitrogens with one attached hydrogen (secondary N) is 1. The van der Waals surface area contributed by atoms with E-state index >= 15 is 0 Å². The molecule has 4 nitrogen and oxygen atoms in total. The fourth-order valence-electron chi connectivity index (χ4n) is 1.58. The number of aromatic nitrogens is 1. The third kappa shape index (κ3) is 4.01. The van der Waals surface area contributed by atoms with Gasteiger partial charge in [-0.1, -0.05) is 0 Å². The van der Waals surface area contributed by atoms with Crippen molar-refractivity contribution < 1.29 is 18.3 Å². The minimum atomic E-state index is -0.759. The monoisotopic (exact) mass is 278 g/mol. The lowest BCUT2D eigenvalue weighted by molar-refractivity contribution is -0.118. The van der Waals surface area contributed by atoms with Crippen molar-refractivity contribution in [3.63, 3.8) is 0 Å². The Hall–Kier alpha value is -2.50. The molecule has 104 valence electrons. The standard InChI is InChI=1S/C14H12F2N2O2/c1-9-4-12(2-3-17-9)18-14(19)8-20-13-6-10(15)5-11(16)7-13/h2-7H,8H2,1H3,(H,17,18,19). The highest BCUT2D eigenvalue weighted by molar-refractivity contribution is 5.91. The molecular weight excluding hydrogens is 266 g/mol. The maximum absolute atomic E-state index is 12.9. The zero-order valence-corrected chi connectivity index (χ0v) is 10.7. The van der Waals surface area contributed by atoms with Crippen LogP contribution in [0.4, 0.5) is 14.5 Å². The summed E-state index contributed by atoms with van der Waals surface area (Å²) in [5.41, 5.74) is 1.34. The van der Waals surface area contributed by atoms with Crippen molar-refractivity contribution in [3.8, 4) is 5.75 Å². The first-order chi connectivity index (χ1) is 9.52. The molecule has 0 aliphatic heterocycles. The van der Waals surface area contributed by atoms with E-state index in [1.807, 2.05) is 0 Å². The lowest BCUT2D eigenvalue weighted by Crippen LogP contribution is -2.20. The number of carbonyl (C=O) groups excluding carboxylic acids is 1. The van der Waals surface area contributed by atoms with Gasteiger partial charge in [-0.15, -0.1) is 0 Å². The van der Waals surface area contributed by atoms with E-state index in [1.165, 1.54) is 0 Å². The Bertz CT molecular complexity index is 612. The SMILES string of the molecule is Cc1cc(NC(=O)COc2cc(F)cc(F)c2)ccn1. The second-order valence-corrected chi connectivity index (χ2v) is 4.13. The van der Waals surface area contributed by atoms with Crippen LogP contribution in [0.15, 0.2) is 36.5 Å². The minimum absolute atomic E-state index is 0.0384. The van der Waals surface area contributed by atoms with Crippen LogP contribution in [0, 0.1) is 18.6 Å². The van der Waals surface area contributed by atoms with Gasteiger partial charge in [0.05, 0.1) is 0 Å². The third-order valence-corrected chi connectivity index (χ3v) is 2.39. The van der Waals surface area contributed by atoms with E-state index in [2.05, 4.69) is 10.3 Å². The highest BCUT2D eigenvalue weighted by Gasteiger charge is 2.06. The molecule has 0 bridgehead atoms. The van der Waals surface area contributed by atoms with Crippen molar-refractivity contribution in [2.45, 2.75) is 6.92 Å². The van der Waals surface area contributed by atoms with E-state index in [0.717, 1.165) is 23.9 Å². The van der Waals surface area contributed by atoms with Gasteiger partial charge < -0.3 is 10.1 Å². The summed E-state index contributed by atoms with van der Waals surface area (Å²) in [4.78, 5) is 15.6. The van der Waals surface area contributed by atoms with Crippen LogP contribution in [-0.4, -0.2) is 17.5 Å². The van der Waals surface area contributed by atoms with E-state index in [0.29, 0.717) is 5.69 Å². The fraction of sp³-hybridized carbons (Fsp3) is 0.143. The number of nitrogens with zero attached hydrogens (tertiary/aromatic N) is 1. The summed E-state index contributed by atoms with van der Waals surface area (Å²) < 4.78 is 30.9. The van der Waals surface area contributed by atoms with E-state index in [9.17, 15) is 13.6 Å². The first-order valence-electron chi connectivity index (χ1n) is 5.84. The lowest BCUT2D eigenvalue weighted by atomic mass is 10.3. The molecule has 1 amide bonds. The normalized spacial score (nSPS) is 10.2. The van der Waals surface area contributed by atoms with Crippen LogP contribution >= 0.6 is 0 Å². The zero-order chi connectivity index (χ0) is 14.5. The van der Waals surface area contributed by atoms with Crippen LogP contribution in [-0.2, 0) is 4.79 Å². The van der Waals surface area contributed by atoms with Crippen LogP contribution in [0.1, 0.15) is 5.69 Å². The van der Waals surface area contributed by atoms with E-state index in [-0.39, 0.29) is 12.4 Å².